The molecule has 0 heterocycles. The van der Waals surface area contributed by atoms with Crippen LogP contribution in [0.2, 0.25) is 0 Å². The Morgan fingerprint density at radius 2 is 2.00 bits per heavy atom. The summed E-state index contributed by atoms with van der Waals surface area (Å²) in [6.45, 7) is 4.93. The van der Waals surface area contributed by atoms with Gasteiger partial charge in [0, 0.05) is 0 Å². The van der Waals surface area contributed by atoms with Crippen molar-refractivity contribution in [3.05, 3.63) is 29.8 Å². The predicted molar refractivity (Wildman–Crippen MR) is 70.9 cm³/mol. The molecule has 0 spiro atoms. The number of benzene rings is 1. The number of carbonyl (C=O) groups excluding carboxylic acids is 2. The Balaban J connectivity index is 2.50. The van der Waals surface area contributed by atoms with Crippen LogP contribution < -0.4 is 10.1 Å². The average molecular weight is 265 g/mol. The first-order valence-corrected chi connectivity index (χ1v) is 5.94. The van der Waals surface area contributed by atoms with Gasteiger partial charge >= 0.3 is 5.97 Å². The largest absolute Gasteiger partial charge is 0.484 e. The van der Waals surface area contributed by atoms with Crippen LogP contribution in [0.15, 0.2) is 24.3 Å². The van der Waals surface area contributed by atoms with Crippen molar-refractivity contribution in [2.75, 3.05) is 13.7 Å². The van der Waals surface area contributed by atoms with Crippen LogP contribution in [-0.4, -0.2) is 31.1 Å². The Hall–Kier alpha value is -2.04. The van der Waals surface area contributed by atoms with E-state index >= 15 is 0 Å². The quantitative estimate of drug-likeness (QED) is 0.818. The van der Waals surface area contributed by atoms with Gasteiger partial charge in [-0.1, -0.05) is 12.1 Å². The second-order valence-corrected chi connectivity index (χ2v) is 4.77. The number of methoxy groups -OCH3 is 1. The van der Waals surface area contributed by atoms with Crippen LogP contribution in [0.25, 0.3) is 0 Å². The number of hydrogen-bond donors (Lipinski definition) is 1. The molecule has 0 atom stereocenters. The topological polar surface area (TPSA) is 64.6 Å². The van der Waals surface area contributed by atoms with E-state index < -0.39 is 11.5 Å². The Morgan fingerprint density at radius 3 is 2.58 bits per heavy atom. The molecular weight excluding hydrogens is 246 g/mol. The van der Waals surface area contributed by atoms with Crippen molar-refractivity contribution in [2.24, 2.45) is 0 Å². The van der Waals surface area contributed by atoms with Gasteiger partial charge in [0.25, 0.3) is 5.91 Å². The molecule has 0 bridgehead atoms. The van der Waals surface area contributed by atoms with Crippen molar-refractivity contribution in [2.45, 2.75) is 26.3 Å². The van der Waals surface area contributed by atoms with Gasteiger partial charge in [0.15, 0.2) is 6.61 Å². The lowest BCUT2D eigenvalue weighted by Crippen LogP contribution is -2.51. The monoisotopic (exact) mass is 265 g/mol. The third kappa shape index (κ3) is 4.62. The maximum atomic E-state index is 11.7. The minimum Gasteiger partial charge on any atom is -0.484 e. The summed E-state index contributed by atoms with van der Waals surface area (Å²) in [7, 11) is 1.28. The molecule has 1 aromatic carbocycles. The van der Waals surface area contributed by atoms with Crippen molar-refractivity contribution >= 4 is 11.9 Å². The van der Waals surface area contributed by atoms with Crippen molar-refractivity contribution in [3.8, 4) is 5.75 Å². The van der Waals surface area contributed by atoms with E-state index in [1.165, 1.54) is 7.11 Å². The lowest BCUT2D eigenvalue weighted by Gasteiger charge is -2.23. The van der Waals surface area contributed by atoms with Gasteiger partial charge in [0.05, 0.1) is 7.11 Å². The van der Waals surface area contributed by atoms with Crippen LogP contribution in [-0.2, 0) is 14.3 Å². The Kier molecular flexibility index (Phi) is 4.92. The summed E-state index contributed by atoms with van der Waals surface area (Å²) in [5.41, 5.74) is -0.0188. The second kappa shape index (κ2) is 6.22. The zero-order valence-electron chi connectivity index (χ0n) is 11.6. The van der Waals surface area contributed by atoms with Gasteiger partial charge in [-0.2, -0.15) is 0 Å². The van der Waals surface area contributed by atoms with Gasteiger partial charge < -0.3 is 14.8 Å². The minimum atomic E-state index is -1.07. The summed E-state index contributed by atoms with van der Waals surface area (Å²) in [5.74, 6) is -0.265. The van der Waals surface area contributed by atoms with E-state index in [4.69, 9.17) is 4.74 Å². The van der Waals surface area contributed by atoms with Gasteiger partial charge in [-0.25, -0.2) is 4.79 Å². The molecule has 1 rings (SSSR count). The van der Waals surface area contributed by atoms with Crippen molar-refractivity contribution in [1.82, 2.24) is 5.32 Å². The molecule has 5 heteroatoms. The number of hydrogen-bond acceptors (Lipinski definition) is 4. The normalized spacial score (nSPS) is 10.7. The summed E-state index contributed by atoms with van der Waals surface area (Å²) in [4.78, 5) is 23.1. The number of amides is 1. The molecule has 19 heavy (non-hydrogen) atoms. The summed E-state index contributed by atoms with van der Waals surface area (Å²) in [6, 6.07) is 7.39. The van der Waals surface area contributed by atoms with Crippen LogP contribution >= 0.6 is 0 Å². The maximum Gasteiger partial charge on any atom is 0.330 e. The zero-order valence-corrected chi connectivity index (χ0v) is 11.6. The molecule has 104 valence electrons. The fourth-order valence-electron chi connectivity index (χ4n) is 1.54. The number of rotatable bonds is 5. The lowest BCUT2D eigenvalue weighted by molar-refractivity contribution is -0.149. The van der Waals surface area contributed by atoms with Crippen LogP contribution in [0, 0.1) is 6.92 Å². The van der Waals surface area contributed by atoms with Crippen LogP contribution in [0.5, 0.6) is 5.75 Å². The number of aryl methyl sites for hydroxylation is 1. The van der Waals surface area contributed by atoms with Crippen LogP contribution in [0.1, 0.15) is 19.4 Å². The molecule has 1 amide bonds. The molecular formula is C14H19NO4. The number of ether oxygens (including phenoxy) is 2. The van der Waals surface area contributed by atoms with E-state index in [0.29, 0.717) is 5.75 Å². The fourth-order valence-corrected chi connectivity index (χ4v) is 1.54. The fraction of sp³-hybridized carbons (Fsp3) is 0.429. The summed E-state index contributed by atoms with van der Waals surface area (Å²) in [6.07, 6.45) is 0. The molecule has 5 nitrogen and oxygen atoms in total. The Labute approximate surface area is 112 Å². The highest BCUT2D eigenvalue weighted by atomic mass is 16.5. The van der Waals surface area contributed by atoms with E-state index in [-0.39, 0.29) is 12.5 Å². The zero-order chi connectivity index (χ0) is 14.5. The first-order chi connectivity index (χ1) is 8.85. The van der Waals surface area contributed by atoms with Crippen molar-refractivity contribution in [1.29, 1.82) is 0 Å². The molecule has 0 aliphatic rings. The molecule has 1 N–H and O–H groups in total. The molecule has 0 aliphatic carbocycles. The highest BCUT2D eigenvalue weighted by Crippen LogP contribution is 2.12. The third-order valence-electron chi connectivity index (χ3n) is 2.51. The molecule has 0 radical (unpaired) electrons. The van der Waals surface area contributed by atoms with Crippen LogP contribution in [0.3, 0.4) is 0 Å². The first-order valence-electron chi connectivity index (χ1n) is 5.94. The standard InChI is InChI=1S/C14H19NO4/c1-10-6-5-7-11(8-10)19-9-12(16)15-14(2,3)13(17)18-4/h5-8H,9H2,1-4H3,(H,15,16). The summed E-state index contributed by atoms with van der Waals surface area (Å²) < 4.78 is 9.94. The molecule has 0 saturated heterocycles. The van der Waals surface area contributed by atoms with Gasteiger partial charge in [0.2, 0.25) is 0 Å². The maximum absolute atomic E-state index is 11.7. The highest BCUT2D eigenvalue weighted by molar-refractivity contribution is 5.87. The smallest absolute Gasteiger partial charge is 0.330 e. The van der Waals surface area contributed by atoms with Gasteiger partial charge in [-0.05, 0) is 38.5 Å². The first kappa shape index (κ1) is 15.0. The molecule has 0 aromatic heterocycles. The number of nitrogens with one attached hydrogen (secondary N) is 1. The second-order valence-electron chi connectivity index (χ2n) is 4.77. The van der Waals surface area contributed by atoms with Gasteiger partial charge in [-0.15, -0.1) is 0 Å². The van der Waals surface area contributed by atoms with E-state index in [9.17, 15) is 9.59 Å². The highest BCUT2D eigenvalue weighted by Gasteiger charge is 2.30. The molecule has 0 fully saturated rings. The number of carbonyl (C=O) groups is 2. The molecule has 0 unspecified atom stereocenters. The minimum absolute atomic E-state index is 0.149. The van der Waals surface area contributed by atoms with Crippen molar-refractivity contribution in [3.63, 3.8) is 0 Å². The predicted octanol–water partition coefficient (Wildman–Crippen LogP) is 1.44. The van der Waals surface area contributed by atoms with E-state index in [0.717, 1.165) is 5.56 Å². The summed E-state index contributed by atoms with van der Waals surface area (Å²) in [5, 5.41) is 2.55. The van der Waals surface area contributed by atoms with Crippen LogP contribution in [0.4, 0.5) is 0 Å². The van der Waals surface area contributed by atoms with Gasteiger partial charge in [-0.3, -0.25) is 4.79 Å². The SMILES string of the molecule is COC(=O)C(C)(C)NC(=O)COc1cccc(C)c1. The molecule has 1 aromatic rings. The summed E-state index contributed by atoms with van der Waals surface area (Å²) >= 11 is 0. The number of esters is 1. The molecule has 0 saturated carbocycles. The van der Waals surface area contributed by atoms with Gasteiger partial charge in [0.1, 0.15) is 11.3 Å². The lowest BCUT2D eigenvalue weighted by atomic mass is 10.1. The Bertz CT molecular complexity index is 468. The van der Waals surface area contributed by atoms with E-state index in [1.54, 1.807) is 19.9 Å². The van der Waals surface area contributed by atoms with Crippen molar-refractivity contribution < 1.29 is 19.1 Å². The third-order valence-corrected chi connectivity index (χ3v) is 2.51. The van der Waals surface area contributed by atoms with E-state index in [1.807, 2.05) is 25.1 Å². The molecule has 0 aliphatic heterocycles. The van der Waals surface area contributed by atoms with E-state index in [2.05, 4.69) is 10.1 Å². The Morgan fingerprint density at radius 1 is 1.32 bits per heavy atom. The average Bonchev–Trinajstić information content (AvgIpc) is 2.35.